The first-order chi connectivity index (χ1) is 13.2. The molecule has 0 fully saturated rings. The molecule has 0 saturated heterocycles. The Hall–Kier alpha value is -3.12. The molecule has 0 N–H and O–H groups in total. The van der Waals surface area contributed by atoms with Crippen molar-refractivity contribution in [2.45, 2.75) is 13.8 Å². The number of hydrogen-bond acceptors (Lipinski definition) is 1. The molecule has 0 radical (unpaired) electrons. The van der Waals surface area contributed by atoms with E-state index in [4.69, 9.17) is 16.5 Å². The van der Waals surface area contributed by atoms with Gasteiger partial charge in [0.05, 0.1) is 12.1 Å². The second kappa shape index (κ2) is 5.21. The molecular weight excluding hydrogens is 296 g/mol. The molecule has 0 saturated carbocycles. The van der Waals surface area contributed by atoms with Gasteiger partial charge in [-0.2, -0.15) is 0 Å². The first kappa shape index (κ1) is 10.6. The van der Waals surface area contributed by atoms with Crippen LogP contribution in [0.15, 0.2) is 53.1 Å². The second-order valence-corrected chi connectivity index (χ2v) is 5.82. The number of benzene rings is 2. The number of fused-ring (bicyclic) bond motifs is 3. The zero-order valence-corrected chi connectivity index (χ0v) is 13.3. The lowest BCUT2D eigenvalue weighted by Crippen LogP contribution is -2.30. The van der Waals surface area contributed by atoms with Gasteiger partial charge in [0.25, 0.3) is 0 Å². The van der Waals surface area contributed by atoms with E-state index in [1.54, 1.807) is 29.8 Å². The molecule has 3 nitrogen and oxygen atoms in total. The molecular formula is C21H17N2O+. The number of rotatable bonds is 1. The smallest absolute Gasteiger partial charge is 0.216 e. The molecule has 0 aliphatic heterocycles. The van der Waals surface area contributed by atoms with Crippen molar-refractivity contribution in [2.24, 2.45) is 7.05 Å². The summed E-state index contributed by atoms with van der Waals surface area (Å²) in [6.07, 6.45) is 0.0954. The van der Waals surface area contributed by atoms with Crippen molar-refractivity contribution < 1.29 is 14.5 Å². The predicted octanol–water partition coefficient (Wildman–Crippen LogP) is 5.25. The Bertz CT molecular complexity index is 1300. The van der Waals surface area contributed by atoms with Crippen molar-refractivity contribution in [3.63, 3.8) is 0 Å². The van der Waals surface area contributed by atoms with Crippen molar-refractivity contribution in [1.82, 2.24) is 0 Å². The maximum absolute atomic E-state index is 8.22. The Morgan fingerprint density at radius 3 is 2.92 bits per heavy atom. The minimum absolute atomic E-state index is 0.0954. The molecule has 0 spiro atoms. The summed E-state index contributed by atoms with van der Waals surface area (Å²) >= 11 is 0. The molecule has 0 aliphatic carbocycles. The van der Waals surface area contributed by atoms with Crippen molar-refractivity contribution in [2.75, 3.05) is 0 Å². The number of aryl methyl sites for hydroxylation is 2. The van der Waals surface area contributed by atoms with E-state index in [2.05, 4.69) is 4.85 Å². The van der Waals surface area contributed by atoms with Crippen LogP contribution in [0.3, 0.4) is 0 Å². The molecule has 2 heterocycles. The largest absolute Gasteiger partial charge is 0.457 e. The Morgan fingerprint density at radius 2 is 2.12 bits per heavy atom. The average Bonchev–Trinajstić information content (AvgIpc) is 3.02. The Balaban J connectivity index is 2.15. The standard InChI is InChI=1S/C21H17N2O/c1-13-10-11-23(4)17(12-13)19-14(2)8-9-15-20-16(22-3)6-5-7-18(20)24-21(15)19/h5-12H,1-2,4H3/q+1/i1D3,11D. The summed E-state index contributed by atoms with van der Waals surface area (Å²) in [5.74, 6) is 0. The number of hydrogen-bond donors (Lipinski definition) is 0. The number of pyridine rings is 1. The zero-order valence-electron chi connectivity index (χ0n) is 17.3. The van der Waals surface area contributed by atoms with Gasteiger partial charge in [-0.15, -0.1) is 0 Å². The van der Waals surface area contributed by atoms with E-state index < -0.39 is 6.85 Å². The number of aromatic nitrogens is 1. The van der Waals surface area contributed by atoms with Gasteiger partial charge in [-0.3, -0.25) is 0 Å². The second-order valence-electron chi connectivity index (χ2n) is 5.82. The monoisotopic (exact) mass is 317 g/mol. The molecule has 24 heavy (non-hydrogen) atoms. The van der Waals surface area contributed by atoms with Gasteiger partial charge >= 0.3 is 0 Å². The van der Waals surface area contributed by atoms with Crippen molar-refractivity contribution in [3.05, 3.63) is 71.2 Å². The van der Waals surface area contributed by atoms with Gasteiger partial charge in [-0.1, -0.05) is 24.3 Å². The van der Waals surface area contributed by atoms with Crippen LogP contribution in [0.1, 0.15) is 16.6 Å². The van der Waals surface area contributed by atoms with Gasteiger partial charge in [0, 0.05) is 27.0 Å². The third kappa shape index (κ3) is 2.00. The van der Waals surface area contributed by atoms with E-state index in [9.17, 15) is 0 Å². The van der Waals surface area contributed by atoms with Gasteiger partial charge in [-0.05, 0) is 31.0 Å². The molecule has 2 aromatic heterocycles. The van der Waals surface area contributed by atoms with Crippen LogP contribution in [0.2, 0.25) is 0 Å². The molecule has 4 aromatic rings. The fourth-order valence-corrected chi connectivity index (χ4v) is 3.14. The van der Waals surface area contributed by atoms with Crippen LogP contribution < -0.4 is 4.57 Å². The summed E-state index contributed by atoms with van der Waals surface area (Å²) in [6, 6.07) is 12.2. The molecule has 0 amide bonds. The molecule has 3 heteroatoms. The highest BCUT2D eigenvalue weighted by atomic mass is 16.3. The Morgan fingerprint density at radius 1 is 1.25 bits per heavy atom. The molecule has 2 aromatic carbocycles. The minimum Gasteiger partial charge on any atom is -0.457 e. The lowest BCUT2D eigenvalue weighted by Gasteiger charge is -2.06. The SMILES string of the molecule is [2H]c1cc(C([2H])([2H])[2H])cc(-c2c(C)ccc3c2oc2cccc([N+]#[C-])c23)[n+]1C. The van der Waals surface area contributed by atoms with Crippen molar-refractivity contribution in [3.8, 4) is 11.3 Å². The van der Waals surface area contributed by atoms with E-state index in [0.29, 0.717) is 22.5 Å². The Labute approximate surface area is 146 Å². The van der Waals surface area contributed by atoms with Gasteiger partial charge in [0.15, 0.2) is 11.9 Å². The molecule has 4 rings (SSSR count). The van der Waals surface area contributed by atoms with E-state index in [1.165, 1.54) is 6.07 Å². The maximum atomic E-state index is 8.22. The average molecular weight is 317 g/mol. The summed E-state index contributed by atoms with van der Waals surface area (Å²) in [4.78, 5) is 3.60. The molecule has 0 aliphatic rings. The van der Waals surface area contributed by atoms with Crippen LogP contribution in [0.25, 0.3) is 38.0 Å². The van der Waals surface area contributed by atoms with E-state index in [1.807, 2.05) is 25.1 Å². The summed E-state index contributed by atoms with van der Waals surface area (Å²) in [5.41, 5.74) is 4.03. The van der Waals surface area contributed by atoms with Crippen LogP contribution >= 0.6 is 0 Å². The van der Waals surface area contributed by atoms with Crippen LogP contribution in [0.4, 0.5) is 5.69 Å². The number of nitrogens with zero attached hydrogens (tertiary/aromatic N) is 2. The first-order valence-electron chi connectivity index (χ1n) is 9.56. The fourth-order valence-electron chi connectivity index (χ4n) is 3.14. The molecule has 0 bridgehead atoms. The Kier molecular flexibility index (Phi) is 2.30. The highest BCUT2D eigenvalue weighted by Gasteiger charge is 2.21. The van der Waals surface area contributed by atoms with Gasteiger partial charge in [0.1, 0.15) is 19.6 Å². The first-order valence-corrected chi connectivity index (χ1v) is 7.56. The third-order valence-corrected chi connectivity index (χ3v) is 4.30. The maximum Gasteiger partial charge on any atom is 0.216 e. The van der Waals surface area contributed by atoms with Gasteiger partial charge in [0.2, 0.25) is 5.69 Å². The quantitative estimate of drug-likeness (QED) is 0.347. The van der Waals surface area contributed by atoms with E-state index >= 15 is 0 Å². The van der Waals surface area contributed by atoms with Crippen LogP contribution in [0, 0.1) is 20.3 Å². The van der Waals surface area contributed by atoms with E-state index in [0.717, 1.165) is 21.9 Å². The number of furan rings is 1. The summed E-state index contributed by atoms with van der Waals surface area (Å²) in [7, 11) is 1.73. The van der Waals surface area contributed by atoms with Crippen LogP contribution in [-0.2, 0) is 7.05 Å². The van der Waals surface area contributed by atoms with Crippen LogP contribution in [-0.4, -0.2) is 0 Å². The lowest BCUT2D eigenvalue weighted by molar-refractivity contribution is -0.660. The molecule has 0 unspecified atom stereocenters. The predicted molar refractivity (Wildman–Crippen MR) is 96.1 cm³/mol. The third-order valence-electron chi connectivity index (χ3n) is 4.30. The van der Waals surface area contributed by atoms with Crippen molar-refractivity contribution in [1.29, 1.82) is 0 Å². The van der Waals surface area contributed by atoms with Crippen LogP contribution in [0.5, 0.6) is 0 Å². The highest BCUT2D eigenvalue weighted by Crippen LogP contribution is 2.40. The fraction of sp³-hybridized carbons (Fsp3) is 0.143. The normalized spacial score (nSPS) is 14.0. The topological polar surface area (TPSA) is 21.4 Å². The van der Waals surface area contributed by atoms with Gasteiger partial charge in [-0.25, -0.2) is 9.41 Å². The lowest BCUT2D eigenvalue weighted by atomic mass is 9.99. The van der Waals surface area contributed by atoms with E-state index in [-0.39, 0.29) is 11.7 Å². The highest BCUT2D eigenvalue weighted by molar-refractivity contribution is 6.14. The summed E-state index contributed by atoms with van der Waals surface area (Å²) < 4.78 is 39.2. The minimum atomic E-state index is -2.31. The molecule has 116 valence electrons. The molecule has 0 atom stereocenters. The van der Waals surface area contributed by atoms with Gasteiger partial charge < -0.3 is 4.42 Å². The van der Waals surface area contributed by atoms with Crippen molar-refractivity contribution >= 4 is 27.6 Å². The summed E-state index contributed by atoms with van der Waals surface area (Å²) in [5, 5.41) is 1.54. The summed E-state index contributed by atoms with van der Waals surface area (Å²) in [6.45, 7) is 7.06. The zero-order chi connectivity index (χ0) is 20.2.